The Kier molecular flexibility index (Phi) is 7.16. The number of pyridine rings is 2. The van der Waals surface area contributed by atoms with Gasteiger partial charge in [-0.05, 0) is 62.4 Å². The van der Waals surface area contributed by atoms with E-state index in [9.17, 15) is 26.4 Å². The van der Waals surface area contributed by atoms with Crippen molar-refractivity contribution in [3.8, 4) is 11.3 Å². The summed E-state index contributed by atoms with van der Waals surface area (Å²) < 4.78 is 96.8. The van der Waals surface area contributed by atoms with Crippen LogP contribution >= 0.6 is 0 Å². The number of Topliss-reactive ketones (excluding diaryl/α,β-unsaturated/α-hetero) is 1. The maximum Gasteiger partial charge on any atom is 0.418 e. The standard InChI is InChI=1S/C27H29F3N4O3S/c1-19(35)9-8-18-34-17-6-2-3-10-20-11-4-5-12-21(20)26-22(27(28,29)30)15-16-23(31-26)33-38(36,37)25-14-7-13-24(34)32-25/h4-5,7,11-16H,2-3,6,8-10,17-18H2,1H3,(H,31,33)/i3D,10D,18D. The number of aryl methyl sites for hydroxylation is 1. The van der Waals surface area contributed by atoms with Crippen LogP contribution < -0.4 is 9.62 Å². The van der Waals surface area contributed by atoms with E-state index in [1.165, 1.54) is 43.3 Å². The first kappa shape index (κ1) is 23.6. The first-order chi connectivity index (χ1) is 19.3. The average Bonchev–Trinajstić information content (AvgIpc) is 2.92. The molecule has 3 heterocycles. The lowest BCUT2D eigenvalue weighted by Crippen LogP contribution is -2.28. The monoisotopic (exact) mass is 549 g/mol. The van der Waals surface area contributed by atoms with Crippen LogP contribution in [0.3, 0.4) is 0 Å². The molecule has 3 atom stereocenters. The number of nitrogens with zero attached hydrogens (tertiary/aromatic N) is 3. The van der Waals surface area contributed by atoms with Crippen molar-refractivity contribution in [3.63, 3.8) is 0 Å². The summed E-state index contributed by atoms with van der Waals surface area (Å²) in [5.41, 5.74) is -1.53. The Morgan fingerprint density at radius 2 is 1.89 bits per heavy atom. The van der Waals surface area contributed by atoms with Gasteiger partial charge < -0.3 is 9.69 Å². The second-order valence-electron chi connectivity index (χ2n) is 8.78. The smallest absolute Gasteiger partial charge is 0.357 e. The van der Waals surface area contributed by atoms with Crippen molar-refractivity contribution in [1.29, 1.82) is 0 Å². The van der Waals surface area contributed by atoms with Crippen LogP contribution in [0.1, 0.15) is 54.2 Å². The van der Waals surface area contributed by atoms with E-state index < -0.39 is 51.8 Å². The number of ketones is 1. The molecule has 0 saturated heterocycles. The van der Waals surface area contributed by atoms with E-state index in [2.05, 4.69) is 14.7 Å². The fraction of sp³-hybridized carbons (Fsp3) is 0.370. The SMILES string of the molecule is [2H]C1CCCN(C([2H])CCC(C)=O)c2cccc(n2)S(=O)(=O)Nc2ccc(C(F)(F)F)c(n2)-c2ccccc2C1[2H]. The lowest BCUT2D eigenvalue weighted by Gasteiger charge is -2.24. The Labute approximate surface area is 224 Å². The molecule has 0 radical (unpaired) electrons. The molecule has 4 rings (SSSR count). The number of hydrogen-bond acceptors (Lipinski definition) is 6. The molecule has 7 nitrogen and oxygen atoms in total. The van der Waals surface area contributed by atoms with Crippen LogP contribution in [0.5, 0.6) is 0 Å². The van der Waals surface area contributed by atoms with Gasteiger partial charge in [-0.3, -0.25) is 4.72 Å². The lowest BCUT2D eigenvalue weighted by atomic mass is 9.96. The van der Waals surface area contributed by atoms with E-state index in [0.29, 0.717) is 6.42 Å². The normalized spacial score (nSPS) is 21.7. The highest BCUT2D eigenvalue weighted by Crippen LogP contribution is 2.38. The maximum absolute atomic E-state index is 14.0. The van der Waals surface area contributed by atoms with E-state index in [4.69, 9.17) is 4.11 Å². The van der Waals surface area contributed by atoms with Crippen LogP contribution in [-0.2, 0) is 27.4 Å². The molecule has 4 bridgehead atoms. The third-order valence-electron chi connectivity index (χ3n) is 5.85. The fourth-order valence-electron chi connectivity index (χ4n) is 4.02. The van der Waals surface area contributed by atoms with Gasteiger partial charge in [0.15, 0.2) is 5.03 Å². The molecule has 38 heavy (non-hydrogen) atoms. The van der Waals surface area contributed by atoms with Crippen molar-refractivity contribution in [2.45, 2.75) is 56.6 Å². The summed E-state index contributed by atoms with van der Waals surface area (Å²) in [5.74, 6) is -0.336. The lowest BCUT2D eigenvalue weighted by molar-refractivity contribution is -0.137. The quantitative estimate of drug-likeness (QED) is 0.438. The molecule has 3 aromatic rings. The zero-order chi connectivity index (χ0) is 29.9. The van der Waals surface area contributed by atoms with Gasteiger partial charge in [-0.2, -0.15) is 21.6 Å². The molecular formula is C27H29F3N4O3S. The second kappa shape index (κ2) is 11.5. The number of nitrogens with one attached hydrogen (secondary N) is 1. The van der Waals surface area contributed by atoms with Gasteiger partial charge in [0.1, 0.15) is 17.4 Å². The third-order valence-corrected chi connectivity index (χ3v) is 7.10. The molecule has 0 aliphatic carbocycles. The Bertz CT molecular complexity index is 1520. The van der Waals surface area contributed by atoms with Gasteiger partial charge in [-0.25, -0.2) is 9.97 Å². The highest BCUT2D eigenvalue weighted by atomic mass is 32.2. The molecule has 1 aliphatic rings. The molecule has 0 spiro atoms. The number of benzene rings is 1. The minimum atomic E-state index is -4.82. The minimum absolute atomic E-state index is 0.0255. The van der Waals surface area contributed by atoms with Crippen LogP contribution in [0.4, 0.5) is 24.8 Å². The molecule has 11 heteroatoms. The molecule has 202 valence electrons. The van der Waals surface area contributed by atoms with Crippen LogP contribution in [0.15, 0.2) is 59.6 Å². The Morgan fingerprint density at radius 3 is 2.66 bits per heavy atom. The first-order valence-electron chi connectivity index (χ1n) is 13.7. The van der Waals surface area contributed by atoms with E-state index >= 15 is 0 Å². The van der Waals surface area contributed by atoms with Gasteiger partial charge in [-0.15, -0.1) is 0 Å². The number of sulfonamides is 1. The second-order valence-corrected chi connectivity index (χ2v) is 10.4. The van der Waals surface area contributed by atoms with Gasteiger partial charge in [-0.1, -0.05) is 36.8 Å². The summed E-state index contributed by atoms with van der Waals surface area (Å²) in [6.45, 7) is 0.654. The predicted octanol–water partition coefficient (Wildman–Crippen LogP) is 5.87. The molecule has 0 amide bonds. The summed E-state index contributed by atoms with van der Waals surface area (Å²) in [7, 11) is -4.42. The van der Waals surface area contributed by atoms with Crippen molar-refractivity contribution < 1.29 is 30.5 Å². The number of halogens is 3. The highest BCUT2D eigenvalue weighted by Gasteiger charge is 2.35. The van der Waals surface area contributed by atoms with E-state index in [0.717, 1.165) is 12.1 Å². The van der Waals surface area contributed by atoms with Crippen molar-refractivity contribution in [2.75, 3.05) is 22.7 Å². The number of carbonyl (C=O) groups is 1. The Morgan fingerprint density at radius 1 is 1.11 bits per heavy atom. The van der Waals surface area contributed by atoms with Crippen LogP contribution in [0.25, 0.3) is 11.3 Å². The number of carbonyl (C=O) groups excluding carboxylic acids is 1. The summed E-state index contributed by atoms with van der Waals surface area (Å²) in [6, 6.07) is 11.7. The van der Waals surface area contributed by atoms with E-state index in [1.54, 1.807) is 11.0 Å². The summed E-state index contributed by atoms with van der Waals surface area (Å²) >= 11 is 0. The van der Waals surface area contributed by atoms with Crippen LogP contribution in [-0.4, -0.2) is 37.2 Å². The Hall–Kier alpha value is -3.47. The van der Waals surface area contributed by atoms with Gasteiger partial charge in [0.05, 0.1) is 11.3 Å². The summed E-state index contributed by atoms with van der Waals surface area (Å²) in [4.78, 5) is 21.3. The average molecular weight is 550 g/mol. The largest absolute Gasteiger partial charge is 0.418 e. The molecule has 1 aliphatic heterocycles. The zero-order valence-electron chi connectivity index (χ0n) is 23.6. The zero-order valence-corrected chi connectivity index (χ0v) is 21.4. The minimum Gasteiger partial charge on any atom is -0.357 e. The van der Waals surface area contributed by atoms with E-state index in [-0.39, 0.29) is 54.4 Å². The fourth-order valence-corrected chi connectivity index (χ4v) is 4.99. The molecule has 1 aromatic carbocycles. The highest BCUT2D eigenvalue weighted by molar-refractivity contribution is 7.92. The number of anilines is 2. The number of alkyl halides is 3. The van der Waals surface area contributed by atoms with E-state index in [1.807, 2.05) is 0 Å². The number of hydrogen-bond donors (Lipinski definition) is 1. The van der Waals surface area contributed by atoms with Gasteiger partial charge in [0.25, 0.3) is 10.0 Å². The molecular weight excluding hydrogens is 517 g/mol. The predicted molar refractivity (Wildman–Crippen MR) is 139 cm³/mol. The van der Waals surface area contributed by atoms with Crippen molar-refractivity contribution >= 4 is 27.4 Å². The molecule has 3 unspecified atom stereocenters. The number of fused-ring (bicyclic) bond motifs is 6. The van der Waals surface area contributed by atoms with Crippen molar-refractivity contribution in [2.24, 2.45) is 0 Å². The molecule has 2 aromatic heterocycles. The maximum atomic E-state index is 14.0. The Balaban J connectivity index is 1.87. The van der Waals surface area contributed by atoms with Crippen molar-refractivity contribution in [1.82, 2.24) is 9.97 Å². The summed E-state index contributed by atoms with van der Waals surface area (Å²) in [6.07, 6.45) is -6.30. The first-order valence-corrected chi connectivity index (χ1v) is 13.5. The van der Waals surface area contributed by atoms with Gasteiger partial charge in [0, 0.05) is 29.2 Å². The van der Waals surface area contributed by atoms with Crippen LogP contribution in [0.2, 0.25) is 0 Å². The summed E-state index contributed by atoms with van der Waals surface area (Å²) in [5, 5.41) is -0.431. The number of aromatic nitrogens is 2. The van der Waals surface area contributed by atoms with Crippen molar-refractivity contribution in [3.05, 3.63) is 65.7 Å². The topological polar surface area (TPSA) is 92.3 Å². The van der Waals surface area contributed by atoms with Crippen LogP contribution in [0, 0.1) is 0 Å². The molecule has 1 N–H and O–H groups in total. The van der Waals surface area contributed by atoms with Gasteiger partial charge in [0.2, 0.25) is 0 Å². The van der Waals surface area contributed by atoms with Gasteiger partial charge >= 0.3 is 6.18 Å². The third kappa shape index (κ3) is 6.69. The number of rotatable bonds is 4. The molecule has 0 fully saturated rings. The molecule has 0 saturated carbocycles.